The zero-order valence-electron chi connectivity index (χ0n) is 26.0. The average Bonchev–Trinajstić information content (AvgIpc) is 3.26. The predicted molar refractivity (Wildman–Crippen MR) is 176 cm³/mol. The number of fused-ring (bicyclic) bond motifs is 3. The zero-order valence-corrected chi connectivity index (χ0v) is 26.8. The summed E-state index contributed by atoms with van der Waals surface area (Å²) in [4.78, 5) is 39.3. The third kappa shape index (κ3) is 7.66. The van der Waals surface area contributed by atoms with Gasteiger partial charge in [0.15, 0.2) is 11.5 Å². The van der Waals surface area contributed by atoms with Gasteiger partial charge in [0.1, 0.15) is 6.04 Å². The van der Waals surface area contributed by atoms with E-state index in [0.717, 1.165) is 28.0 Å². The summed E-state index contributed by atoms with van der Waals surface area (Å²) >= 11 is 1.64. The predicted octanol–water partition coefficient (Wildman–Crippen LogP) is 4.76. The van der Waals surface area contributed by atoms with E-state index in [4.69, 9.17) is 14.2 Å². The number of anilines is 1. The van der Waals surface area contributed by atoms with Crippen molar-refractivity contribution in [3.8, 4) is 28.4 Å². The number of thioether (sulfide) groups is 1. The van der Waals surface area contributed by atoms with E-state index in [-0.39, 0.29) is 17.2 Å². The smallest absolute Gasteiger partial charge is 0.242 e. The number of methoxy groups -OCH3 is 3. The zero-order chi connectivity index (χ0) is 31.6. The van der Waals surface area contributed by atoms with Crippen molar-refractivity contribution in [2.75, 3.05) is 45.2 Å². The van der Waals surface area contributed by atoms with E-state index in [1.807, 2.05) is 48.7 Å². The van der Waals surface area contributed by atoms with E-state index in [1.165, 1.54) is 6.92 Å². The average molecular weight is 620 g/mol. The molecule has 44 heavy (non-hydrogen) atoms. The van der Waals surface area contributed by atoms with Crippen LogP contribution in [0, 0.1) is 0 Å². The first-order chi connectivity index (χ1) is 21.3. The van der Waals surface area contributed by atoms with Crippen molar-refractivity contribution in [2.45, 2.75) is 44.7 Å². The molecule has 1 aliphatic rings. The first-order valence-corrected chi connectivity index (χ1v) is 16.0. The summed E-state index contributed by atoms with van der Waals surface area (Å²) in [6.07, 6.45) is 4.40. The molecule has 0 aliphatic heterocycles. The van der Waals surface area contributed by atoms with Gasteiger partial charge < -0.3 is 30.2 Å². The fourth-order valence-electron chi connectivity index (χ4n) is 5.62. The molecule has 0 spiro atoms. The lowest BCUT2D eigenvalue weighted by molar-refractivity contribution is -0.122. The number of aryl methyl sites for hydroxylation is 1. The van der Waals surface area contributed by atoms with Crippen LogP contribution >= 0.6 is 11.8 Å². The molecule has 3 N–H and O–H groups in total. The molecule has 0 heterocycles. The summed E-state index contributed by atoms with van der Waals surface area (Å²) in [5.74, 6) is 1.83. The van der Waals surface area contributed by atoms with Gasteiger partial charge in [0.25, 0.3) is 0 Å². The van der Waals surface area contributed by atoms with E-state index in [0.29, 0.717) is 60.7 Å². The molecule has 0 bridgehead atoms. The van der Waals surface area contributed by atoms with Crippen LogP contribution in [0.3, 0.4) is 0 Å². The van der Waals surface area contributed by atoms with Crippen LogP contribution in [0.4, 0.5) is 5.69 Å². The van der Waals surface area contributed by atoms with Crippen LogP contribution in [-0.2, 0) is 22.4 Å². The van der Waals surface area contributed by atoms with Crippen molar-refractivity contribution in [3.05, 3.63) is 81.5 Å². The fraction of sp³-hybridized carbons (Fsp3) is 0.382. The Hall–Kier alpha value is -4.18. The molecule has 1 aliphatic carbocycles. The van der Waals surface area contributed by atoms with Crippen LogP contribution in [-0.4, -0.2) is 57.7 Å². The molecular formula is C34H41N3O6S. The third-order valence-electron chi connectivity index (χ3n) is 7.73. The molecule has 3 aromatic carbocycles. The topological polar surface area (TPSA) is 115 Å². The molecule has 2 atom stereocenters. The quantitative estimate of drug-likeness (QED) is 0.251. The number of rotatable bonds is 13. The van der Waals surface area contributed by atoms with Crippen molar-refractivity contribution in [3.63, 3.8) is 0 Å². The fourth-order valence-corrected chi connectivity index (χ4v) is 6.09. The summed E-state index contributed by atoms with van der Waals surface area (Å²) in [5.41, 5.74) is 4.26. The highest BCUT2D eigenvalue weighted by Crippen LogP contribution is 2.50. The SMILES string of the molecule is COc1cc2c(c(OC)c1OC)-c1ccc(NC(CCSC)C(=O)NCCc3ccccc3)c(=O)cc1C(NC(C)=O)CC2. The maximum atomic E-state index is 13.8. The largest absolute Gasteiger partial charge is 0.493 e. The van der Waals surface area contributed by atoms with E-state index >= 15 is 0 Å². The van der Waals surface area contributed by atoms with Crippen LogP contribution in [0.1, 0.15) is 42.5 Å². The van der Waals surface area contributed by atoms with Gasteiger partial charge in [-0.3, -0.25) is 14.4 Å². The Balaban J connectivity index is 1.75. The number of benzene rings is 2. The number of amides is 2. The van der Waals surface area contributed by atoms with E-state index in [9.17, 15) is 14.4 Å². The van der Waals surface area contributed by atoms with Gasteiger partial charge in [0.2, 0.25) is 23.0 Å². The number of hydrogen-bond acceptors (Lipinski definition) is 8. The number of carbonyl (C=O) groups is 2. The molecular weight excluding hydrogens is 578 g/mol. The van der Waals surface area contributed by atoms with Crippen LogP contribution in [0.25, 0.3) is 11.1 Å². The van der Waals surface area contributed by atoms with Crippen LogP contribution in [0.2, 0.25) is 0 Å². The lowest BCUT2D eigenvalue weighted by atomic mass is 9.95. The summed E-state index contributed by atoms with van der Waals surface area (Å²) in [6.45, 7) is 1.95. The molecule has 0 radical (unpaired) electrons. The van der Waals surface area contributed by atoms with Crippen LogP contribution in [0.5, 0.6) is 17.2 Å². The highest BCUT2D eigenvalue weighted by atomic mass is 32.2. The number of hydrogen-bond donors (Lipinski definition) is 3. The molecule has 2 unspecified atom stereocenters. The molecule has 9 nitrogen and oxygen atoms in total. The van der Waals surface area contributed by atoms with Crippen molar-refractivity contribution in [2.24, 2.45) is 0 Å². The van der Waals surface area contributed by atoms with Crippen molar-refractivity contribution < 1.29 is 23.8 Å². The van der Waals surface area contributed by atoms with Gasteiger partial charge in [-0.05, 0) is 78.1 Å². The minimum Gasteiger partial charge on any atom is -0.493 e. The molecule has 10 heteroatoms. The minimum atomic E-state index is -0.606. The van der Waals surface area contributed by atoms with Crippen molar-refractivity contribution >= 4 is 29.3 Å². The lowest BCUT2D eigenvalue weighted by Gasteiger charge is -2.19. The summed E-state index contributed by atoms with van der Waals surface area (Å²) < 4.78 is 17.1. The second kappa shape index (κ2) is 15.5. The van der Waals surface area contributed by atoms with Crippen molar-refractivity contribution in [1.29, 1.82) is 0 Å². The molecule has 0 aromatic heterocycles. The second-order valence-corrected chi connectivity index (χ2v) is 11.6. The minimum absolute atomic E-state index is 0.164. The Morgan fingerprint density at radius 1 is 1.00 bits per heavy atom. The first-order valence-electron chi connectivity index (χ1n) is 14.7. The lowest BCUT2D eigenvalue weighted by Crippen LogP contribution is -2.41. The van der Waals surface area contributed by atoms with Gasteiger partial charge in [-0.1, -0.05) is 36.4 Å². The Morgan fingerprint density at radius 2 is 1.75 bits per heavy atom. The monoisotopic (exact) mass is 619 g/mol. The van der Waals surface area contributed by atoms with Gasteiger partial charge >= 0.3 is 0 Å². The molecule has 4 rings (SSSR count). The standard InChI is InChI=1S/C34H41N3O6S/c1-21(38)36-26-13-11-23-19-30(41-2)32(42-3)33(43-4)31(23)24-12-14-27(29(39)20-25(24)26)37-28(16-18-44-5)34(40)35-17-15-22-9-7-6-8-10-22/h6-10,12,14,19-20,26,28H,11,13,15-18H2,1-5H3,(H,35,40)(H,36,38)(H,37,39). The Morgan fingerprint density at radius 3 is 2.41 bits per heavy atom. The van der Waals surface area contributed by atoms with E-state index < -0.39 is 12.1 Å². The van der Waals surface area contributed by atoms with E-state index in [2.05, 4.69) is 16.0 Å². The summed E-state index contributed by atoms with van der Waals surface area (Å²) in [7, 11) is 4.68. The molecule has 2 amide bonds. The van der Waals surface area contributed by atoms with Gasteiger partial charge in [-0.15, -0.1) is 0 Å². The Labute approximate surface area is 263 Å². The summed E-state index contributed by atoms with van der Waals surface area (Å²) in [6, 6.07) is 16.0. The summed E-state index contributed by atoms with van der Waals surface area (Å²) in [5, 5.41) is 9.29. The van der Waals surface area contributed by atoms with Gasteiger partial charge in [0.05, 0.1) is 33.1 Å². The third-order valence-corrected chi connectivity index (χ3v) is 8.37. The maximum absolute atomic E-state index is 13.8. The molecule has 3 aromatic rings. The Kier molecular flexibility index (Phi) is 11.5. The molecule has 0 saturated heterocycles. The van der Waals surface area contributed by atoms with Gasteiger partial charge in [-0.2, -0.15) is 11.8 Å². The van der Waals surface area contributed by atoms with Crippen LogP contribution < -0.4 is 35.6 Å². The Bertz CT molecular complexity index is 1530. The number of nitrogens with one attached hydrogen (secondary N) is 3. The normalized spacial score (nSPS) is 14.2. The van der Waals surface area contributed by atoms with Gasteiger partial charge in [-0.25, -0.2) is 0 Å². The second-order valence-electron chi connectivity index (χ2n) is 10.6. The van der Waals surface area contributed by atoms with Crippen LogP contribution in [0.15, 0.2) is 59.4 Å². The molecule has 0 fully saturated rings. The van der Waals surface area contributed by atoms with Gasteiger partial charge in [0, 0.05) is 19.0 Å². The highest BCUT2D eigenvalue weighted by molar-refractivity contribution is 7.98. The number of ether oxygens (including phenoxy) is 3. The molecule has 0 saturated carbocycles. The first kappa shape index (κ1) is 32.7. The van der Waals surface area contributed by atoms with E-state index in [1.54, 1.807) is 45.2 Å². The van der Waals surface area contributed by atoms with Crippen molar-refractivity contribution in [1.82, 2.24) is 10.6 Å². The number of carbonyl (C=O) groups excluding carboxylic acids is 2. The maximum Gasteiger partial charge on any atom is 0.242 e. The molecule has 234 valence electrons. The highest BCUT2D eigenvalue weighted by Gasteiger charge is 2.30.